The predicted molar refractivity (Wildman–Crippen MR) is 79.5 cm³/mol. The Balaban J connectivity index is 1.86. The Kier molecular flexibility index (Phi) is 4.74. The fourth-order valence-corrected chi connectivity index (χ4v) is 1.88. The van der Waals surface area contributed by atoms with Crippen LogP contribution in [-0.2, 0) is 0 Å². The zero-order valence-corrected chi connectivity index (χ0v) is 12.5. The van der Waals surface area contributed by atoms with Gasteiger partial charge in [-0.3, -0.25) is 0 Å². The smallest absolute Gasteiger partial charge is 0.144 e. The summed E-state index contributed by atoms with van der Waals surface area (Å²) in [5.74, 6) is 1.65. The molecule has 1 unspecified atom stereocenters. The van der Waals surface area contributed by atoms with Crippen molar-refractivity contribution in [2.24, 2.45) is 0 Å². The maximum atomic E-state index is 5.71. The molecule has 2 aromatic rings. The fraction of sp³-hybridized carbons (Fsp3) is 0.286. The first-order chi connectivity index (χ1) is 9.15. The van der Waals surface area contributed by atoms with Crippen molar-refractivity contribution in [3.63, 3.8) is 0 Å². The lowest BCUT2D eigenvalue weighted by Crippen LogP contribution is -2.24. The lowest BCUT2D eigenvalue weighted by molar-refractivity contribution is 0.303. The van der Waals surface area contributed by atoms with Crippen LogP contribution in [0.5, 0.6) is 5.75 Å². The Labute approximate surface area is 121 Å². The van der Waals surface area contributed by atoms with E-state index in [-0.39, 0.29) is 6.04 Å². The molecule has 0 saturated heterocycles. The van der Waals surface area contributed by atoms with Gasteiger partial charge >= 0.3 is 0 Å². The number of rotatable bonds is 5. The highest BCUT2D eigenvalue weighted by atomic mass is 79.9. The topological polar surface area (TPSA) is 47.0 Å². The van der Waals surface area contributed by atoms with Gasteiger partial charge in [0.2, 0.25) is 0 Å². The number of nitrogens with one attached hydrogen (secondary N) is 1. The van der Waals surface area contributed by atoms with Crippen LogP contribution in [0.4, 0.5) is 5.82 Å². The Morgan fingerprint density at radius 1 is 1.32 bits per heavy atom. The monoisotopic (exact) mass is 321 g/mol. The first kappa shape index (κ1) is 13.8. The molecule has 0 fully saturated rings. The summed E-state index contributed by atoms with van der Waals surface area (Å²) in [4.78, 5) is 8.08. The second kappa shape index (κ2) is 6.52. The minimum absolute atomic E-state index is 0.146. The number of hydrogen-bond acceptors (Lipinski definition) is 4. The number of ether oxygens (including phenoxy) is 1. The fourth-order valence-electron chi connectivity index (χ4n) is 1.55. The maximum Gasteiger partial charge on any atom is 0.144 e. The highest BCUT2D eigenvalue weighted by molar-refractivity contribution is 9.10. The highest BCUT2D eigenvalue weighted by Crippen LogP contribution is 2.18. The third-order valence-corrected chi connectivity index (χ3v) is 3.15. The summed E-state index contributed by atoms with van der Waals surface area (Å²) in [6.45, 7) is 4.67. The van der Waals surface area contributed by atoms with Gasteiger partial charge in [-0.25, -0.2) is 9.97 Å². The Morgan fingerprint density at radius 2 is 2.05 bits per heavy atom. The summed E-state index contributed by atoms with van der Waals surface area (Å²) in [5, 5.41) is 3.27. The normalized spacial score (nSPS) is 11.9. The summed E-state index contributed by atoms with van der Waals surface area (Å²) in [6.07, 6.45) is 3.23. The average molecular weight is 322 g/mol. The molecular formula is C14H16BrN3O. The Bertz CT molecular complexity index is 530. The molecule has 0 amide bonds. The molecule has 0 aliphatic carbocycles. The summed E-state index contributed by atoms with van der Waals surface area (Å²) in [5.41, 5.74) is 1.23. The molecule has 19 heavy (non-hydrogen) atoms. The third-order valence-electron chi connectivity index (χ3n) is 2.57. The van der Waals surface area contributed by atoms with Crippen LogP contribution in [0.3, 0.4) is 0 Å². The second-order valence-corrected chi connectivity index (χ2v) is 5.24. The number of aryl methyl sites for hydroxylation is 1. The van der Waals surface area contributed by atoms with E-state index < -0.39 is 0 Å². The van der Waals surface area contributed by atoms with Crippen molar-refractivity contribution in [1.29, 1.82) is 0 Å². The SMILES string of the molecule is Cc1ccc(OCC(C)Nc2ncncc2Br)cc1. The molecule has 0 radical (unpaired) electrons. The minimum atomic E-state index is 0.146. The van der Waals surface area contributed by atoms with E-state index in [0.717, 1.165) is 16.0 Å². The van der Waals surface area contributed by atoms with E-state index in [1.165, 1.54) is 11.9 Å². The zero-order chi connectivity index (χ0) is 13.7. The van der Waals surface area contributed by atoms with Crippen molar-refractivity contribution >= 4 is 21.7 Å². The lowest BCUT2D eigenvalue weighted by atomic mass is 10.2. The first-order valence-corrected chi connectivity index (χ1v) is 6.86. The van der Waals surface area contributed by atoms with Crippen LogP contribution in [0.25, 0.3) is 0 Å². The second-order valence-electron chi connectivity index (χ2n) is 4.39. The molecule has 0 aliphatic heterocycles. The van der Waals surface area contributed by atoms with Crippen LogP contribution in [-0.4, -0.2) is 22.6 Å². The Hall–Kier alpha value is -1.62. The van der Waals surface area contributed by atoms with Crippen LogP contribution in [0.15, 0.2) is 41.3 Å². The van der Waals surface area contributed by atoms with Crippen molar-refractivity contribution < 1.29 is 4.74 Å². The van der Waals surface area contributed by atoms with Crippen LogP contribution in [0, 0.1) is 6.92 Å². The zero-order valence-electron chi connectivity index (χ0n) is 10.9. The molecule has 1 atom stereocenters. The van der Waals surface area contributed by atoms with Gasteiger partial charge in [-0.2, -0.15) is 0 Å². The van der Waals surface area contributed by atoms with Gasteiger partial charge < -0.3 is 10.1 Å². The van der Waals surface area contributed by atoms with E-state index in [0.29, 0.717) is 6.61 Å². The van der Waals surface area contributed by atoms with E-state index in [1.807, 2.05) is 31.2 Å². The molecule has 0 aliphatic rings. The highest BCUT2D eigenvalue weighted by Gasteiger charge is 2.07. The summed E-state index contributed by atoms with van der Waals surface area (Å²) in [7, 11) is 0. The molecule has 1 aromatic heterocycles. The van der Waals surface area contributed by atoms with Gasteiger partial charge in [-0.15, -0.1) is 0 Å². The van der Waals surface area contributed by atoms with Gasteiger partial charge in [0.1, 0.15) is 24.5 Å². The van der Waals surface area contributed by atoms with Crippen LogP contribution in [0.1, 0.15) is 12.5 Å². The molecule has 0 spiro atoms. The summed E-state index contributed by atoms with van der Waals surface area (Å²) < 4.78 is 6.56. The maximum absolute atomic E-state index is 5.71. The van der Waals surface area contributed by atoms with Crippen molar-refractivity contribution in [3.8, 4) is 5.75 Å². The van der Waals surface area contributed by atoms with E-state index >= 15 is 0 Å². The number of anilines is 1. The third kappa shape index (κ3) is 4.21. The molecule has 2 rings (SSSR count). The first-order valence-electron chi connectivity index (χ1n) is 6.06. The van der Waals surface area contributed by atoms with Crippen molar-refractivity contribution in [2.45, 2.75) is 19.9 Å². The molecule has 1 aromatic carbocycles. The van der Waals surface area contributed by atoms with Gasteiger partial charge in [0, 0.05) is 6.20 Å². The Morgan fingerprint density at radius 3 is 2.74 bits per heavy atom. The number of aromatic nitrogens is 2. The molecule has 1 N–H and O–H groups in total. The van der Waals surface area contributed by atoms with Gasteiger partial charge in [-0.1, -0.05) is 17.7 Å². The molecule has 0 bridgehead atoms. The van der Waals surface area contributed by atoms with Crippen molar-refractivity contribution in [1.82, 2.24) is 9.97 Å². The molecule has 1 heterocycles. The number of halogens is 1. The van der Waals surface area contributed by atoms with Crippen molar-refractivity contribution in [3.05, 3.63) is 46.8 Å². The number of nitrogens with zero attached hydrogens (tertiary/aromatic N) is 2. The van der Waals surface area contributed by atoms with Crippen LogP contribution >= 0.6 is 15.9 Å². The molecule has 4 nitrogen and oxygen atoms in total. The van der Waals surface area contributed by atoms with E-state index in [2.05, 4.69) is 38.1 Å². The summed E-state index contributed by atoms with van der Waals surface area (Å²) >= 11 is 3.40. The van der Waals surface area contributed by atoms with Crippen LogP contribution < -0.4 is 10.1 Å². The summed E-state index contributed by atoms with van der Waals surface area (Å²) in [6, 6.07) is 8.17. The van der Waals surface area contributed by atoms with Gasteiger partial charge in [0.05, 0.1) is 10.5 Å². The largest absolute Gasteiger partial charge is 0.491 e. The number of benzene rings is 1. The van der Waals surface area contributed by atoms with Gasteiger partial charge in [-0.05, 0) is 41.9 Å². The standard InChI is InChI=1S/C14H16BrN3O/c1-10-3-5-12(6-4-10)19-8-11(2)18-14-13(15)7-16-9-17-14/h3-7,9,11H,8H2,1-2H3,(H,16,17,18). The van der Waals surface area contributed by atoms with Crippen LogP contribution in [0.2, 0.25) is 0 Å². The molecule has 0 saturated carbocycles. The quantitative estimate of drug-likeness (QED) is 0.916. The minimum Gasteiger partial charge on any atom is -0.491 e. The molecule has 5 heteroatoms. The number of hydrogen-bond donors (Lipinski definition) is 1. The molecule has 100 valence electrons. The average Bonchev–Trinajstić information content (AvgIpc) is 2.41. The lowest BCUT2D eigenvalue weighted by Gasteiger charge is -2.16. The van der Waals surface area contributed by atoms with Crippen molar-refractivity contribution in [2.75, 3.05) is 11.9 Å². The van der Waals surface area contributed by atoms with E-state index in [1.54, 1.807) is 6.20 Å². The predicted octanol–water partition coefficient (Wildman–Crippen LogP) is 3.43. The molecular weight excluding hydrogens is 306 g/mol. The van der Waals surface area contributed by atoms with E-state index in [4.69, 9.17) is 4.74 Å². The van der Waals surface area contributed by atoms with Gasteiger partial charge in [0.15, 0.2) is 0 Å². The van der Waals surface area contributed by atoms with E-state index in [9.17, 15) is 0 Å². The van der Waals surface area contributed by atoms with Gasteiger partial charge in [0.25, 0.3) is 0 Å².